The first-order chi connectivity index (χ1) is 10.7. The molecule has 22 heavy (non-hydrogen) atoms. The normalized spacial score (nSPS) is 20.0. The van der Waals surface area contributed by atoms with E-state index in [1.54, 1.807) is 0 Å². The van der Waals surface area contributed by atoms with Gasteiger partial charge in [-0.2, -0.15) is 4.37 Å². The lowest BCUT2D eigenvalue weighted by atomic mass is 10.0. The summed E-state index contributed by atoms with van der Waals surface area (Å²) in [6.45, 7) is 1.82. The smallest absolute Gasteiger partial charge is 0.229 e. The summed E-state index contributed by atoms with van der Waals surface area (Å²) in [5.41, 5.74) is 1.24. The number of amides is 1. The van der Waals surface area contributed by atoms with Crippen LogP contribution in [0.5, 0.6) is 0 Å². The monoisotopic (exact) mass is 309 g/mol. The van der Waals surface area contributed by atoms with Crippen LogP contribution in [0.15, 0.2) is 42.5 Å². The van der Waals surface area contributed by atoms with Gasteiger partial charge >= 0.3 is 0 Å². The first-order valence-electron chi connectivity index (χ1n) is 7.30. The van der Waals surface area contributed by atoms with Gasteiger partial charge in [0.15, 0.2) is 0 Å². The second-order valence-electron chi connectivity index (χ2n) is 5.69. The van der Waals surface area contributed by atoms with Gasteiger partial charge in [-0.1, -0.05) is 42.5 Å². The van der Waals surface area contributed by atoms with Crippen molar-refractivity contribution in [1.82, 2.24) is 9.36 Å². The van der Waals surface area contributed by atoms with E-state index in [-0.39, 0.29) is 11.8 Å². The van der Waals surface area contributed by atoms with E-state index >= 15 is 0 Å². The highest BCUT2D eigenvalue weighted by molar-refractivity contribution is 7.09. The van der Waals surface area contributed by atoms with Crippen LogP contribution in [0.1, 0.15) is 23.7 Å². The van der Waals surface area contributed by atoms with E-state index < -0.39 is 0 Å². The minimum atomic E-state index is 0.0466. The van der Waals surface area contributed by atoms with E-state index in [2.05, 4.69) is 45.0 Å². The molecule has 2 atom stereocenters. The number of nitrogens with one attached hydrogen (secondary N) is 1. The van der Waals surface area contributed by atoms with Crippen LogP contribution in [-0.2, 0) is 4.79 Å². The maximum absolute atomic E-state index is 12.3. The molecule has 4 rings (SSSR count). The number of rotatable bonds is 3. The lowest BCUT2D eigenvalue weighted by Crippen LogP contribution is -2.14. The Bertz CT molecular complexity index is 858. The Balaban J connectivity index is 1.49. The lowest BCUT2D eigenvalue weighted by molar-refractivity contribution is -0.117. The maximum atomic E-state index is 12.3. The van der Waals surface area contributed by atoms with Gasteiger partial charge in [0.2, 0.25) is 11.0 Å². The van der Waals surface area contributed by atoms with Gasteiger partial charge in [0, 0.05) is 17.5 Å². The molecule has 1 aliphatic carbocycles. The van der Waals surface area contributed by atoms with E-state index in [0.29, 0.717) is 16.9 Å². The third kappa shape index (κ3) is 2.48. The van der Waals surface area contributed by atoms with Crippen molar-refractivity contribution >= 4 is 33.3 Å². The van der Waals surface area contributed by atoms with Crippen molar-refractivity contribution in [3.8, 4) is 0 Å². The predicted octanol–water partition coefficient (Wildman–Crippen LogP) is 3.74. The molecule has 0 radical (unpaired) electrons. The van der Waals surface area contributed by atoms with Crippen molar-refractivity contribution in [2.45, 2.75) is 19.3 Å². The minimum Gasteiger partial charge on any atom is -0.300 e. The van der Waals surface area contributed by atoms with Crippen LogP contribution >= 0.6 is 11.5 Å². The van der Waals surface area contributed by atoms with Gasteiger partial charge in [0.25, 0.3) is 0 Å². The van der Waals surface area contributed by atoms with E-state index in [9.17, 15) is 4.79 Å². The summed E-state index contributed by atoms with van der Waals surface area (Å²) in [5, 5.41) is 5.92. The summed E-state index contributed by atoms with van der Waals surface area (Å²) < 4.78 is 4.08. The van der Waals surface area contributed by atoms with E-state index in [4.69, 9.17) is 0 Å². The average Bonchev–Trinajstić information content (AvgIpc) is 3.24. The molecule has 0 spiro atoms. The van der Waals surface area contributed by atoms with Crippen LogP contribution in [0.2, 0.25) is 0 Å². The molecule has 4 nitrogen and oxygen atoms in total. The summed E-state index contributed by atoms with van der Waals surface area (Å²) in [4.78, 5) is 16.4. The van der Waals surface area contributed by atoms with Crippen LogP contribution in [0.4, 0.5) is 5.13 Å². The molecule has 0 saturated heterocycles. The van der Waals surface area contributed by atoms with Crippen LogP contribution in [0, 0.1) is 12.8 Å². The Kier molecular flexibility index (Phi) is 3.15. The first-order valence-corrected chi connectivity index (χ1v) is 8.08. The Labute approximate surface area is 132 Å². The third-order valence-electron chi connectivity index (χ3n) is 4.09. The largest absolute Gasteiger partial charge is 0.300 e. The molecule has 2 aromatic carbocycles. The van der Waals surface area contributed by atoms with E-state index in [1.165, 1.54) is 27.9 Å². The number of hydrogen-bond donors (Lipinski definition) is 1. The molecule has 1 heterocycles. The van der Waals surface area contributed by atoms with Gasteiger partial charge in [-0.25, -0.2) is 4.98 Å². The minimum absolute atomic E-state index is 0.0466. The van der Waals surface area contributed by atoms with E-state index in [0.717, 1.165) is 6.42 Å². The summed E-state index contributed by atoms with van der Waals surface area (Å²) >= 11 is 1.23. The van der Waals surface area contributed by atoms with Crippen molar-refractivity contribution in [2.24, 2.45) is 5.92 Å². The number of aryl methyl sites for hydroxylation is 1. The fourth-order valence-electron chi connectivity index (χ4n) is 2.84. The van der Waals surface area contributed by atoms with Gasteiger partial charge in [-0.3, -0.25) is 4.79 Å². The molecule has 1 N–H and O–H groups in total. The molecule has 1 fully saturated rings. The van der Waals surface area contributed by atoms with Crippen molar-refractivity contribution in [2.75, 3.05) is 5.32 Å². The Morgan fingerprint density at radius 3 is 2.82 bits per heavy atom. The van der Waals surface area contributed by atoms with E-state index in [1.807, 2.05) is 19.1 Å². The van der Waals surface area contributed by atoms with Crippen molar-refractivity contribution in [1.29, 1.82) is 0 Å². The highest BCUT2D eigenvalue weighted by Crippen LogP contribution is 2.48. The second kappa shape index (κ2) is 5.18. The molecule has 0 aliphatic heterocycles. The fraction of sp³-hybridized carbons (Fsp3) is 0.235. The maximum Gasteiger partial charge on any atom is 0.229 e. The van der Waals surface area contributed by atoms with Crippen LogP contribution < -0.4 is 5.32 Å². The second-order valence-corrected chi connectivity index (χ2v) is 6.44. The molecule has 5 heteroatoms. The van der Waals surface area contributed by atoms with Crippen LogP contribution in [0.3, 0.4) is 0 Å². The molecule has 1 aromatic heterocycles. The summed E-state index contributed by atoms with van der Waals surface area (Å²) in [6.07, 6.45) is 0.905. The highest BCUT2D eigenvalue weighted by atomic mass is 32.1. The first kappa shape index (κ1) is 13.4. The SMILES string of the molecule is Cc1nsc(NC(=O)C2CC2c2ccc3ccccc3c2)n1. The van der Waals surface area contributed by atoms with Gasteiger partial charge in [0.05, 0.1) is 0 Å². The standard InChI is InChI=1S/C17H15N3OS/c1-10-18-17(22-20-10)19-16(21)15-9-14(15)13-7-6-11-4-2-3-5-12(11)8-13/h2-8,14-15H,9H2,1H3,(H,18,19,20,21). The summed E-state index contributed by atoms with van der Waals surface area (Å²) in [7, 11) is 0. The molecule has 110 valence electrons. The molecular weight excluding hydrogens is 294 g/mol. The highest BCUT2D eigenvalue weighted by Gasteiger charge is 2.44. The zero-order valence-corrected chi connectivity index (χ0v) is 12.9. The molecule has 1 saturated carbocycles. The topological polar surface area (TPSA) is 54.9 Å². The fourth-order valence-corrected chi connectivity index (χ4v) is 3.42. The Hall–Kier alpha value is -2.27. The quantitative estimate of drug-likeness (QED) is 0.802. The van der Waals surface area contributed by atoms with Crippen molar-refractivity contribution < 1.29 is 4.79 Å². The number of benzene rings is 2. The molecule has 0 bridgehead atoms. The number of hydrogen-bond acceptors (Lipinski definition) is 4. The van der Waals surface area contributed by atoms with Crippen molar-refractivity contribution in [3.05, 3.63) is 53.9 Å². The van der Waals surface area contributed by atoms with Gasteiger partial charge < -0.3 is 5.32 Å². The van der Waals surface area contributed by atoms with Gasteiger partial charge in [0.1, 0.15) is 5.82 Å². The lowest BCUT2D eigenvalue weighted by Gasteiger charge is -2.04. The number of anilines is 1. The number of carbonyl (C=O) groups is 1. The summed E-state index contributed by atoms with van der Waals surface area (Å²) in [5.74, 6) is 1.11. The molecule has 2 unspecified atom stereocenters. The summed E-state index contributed by atoms with van der Waals surface area (Å²) in [6, 6.07) is 14.8. The number of fused-ring (bicyclic) bond motifs is 1. The number of carbonyl (C=O) groups excluding carboxylic acids is 1. The molecule has 3 aromatic rings. The zero-order chi connectivity index (χ0) is 15.1. The van der Waals surface area contributed by atoms with Crippen LogP contribution in [0.25, 0.3) is 10.8 Å². The molecular formula is C17H15N3OS. The van der Waals surface area contributed by atoms with Crippen LogP contribution in [-0.4, -0.2) is 15.3 Å². The zero-order valence-electron chi connectivity index (χ0n) is 12.1. The molecule has 1 amide bonds. The molecule has 1 aliphatic rings. The van der Waals surface area contributed by atoms with Gasteiger partial charge in [-0.05, 0) is 35.6 Å². The Morgan fingerprint density at radius 1 is 1.23 bits per heavy atom. The third-order valence-corrected chi connectivity index (χ3v) is 4.81. The number of nitrogens with zero attached hydrogens (tertiary/aromatic N) is 2. The van der Waals surface area contributed by atoms with Gasteiger partial charge in [-0.15, -0.1) is 0 Å². The van der Waals surface area contributed by atoms with Crippen molar-refractivity contribution in [3.63, 3.8) is 0 Å². The average molecular weight is 309 g/mol. The predicted molar refractivity (Wildman–Crippen MR) is 88.1 cm³/mol. The number of aromatic nitrogens is 2. The Morgan fingerprint density at radius 2 is 2.05 bits per heavy atom.